The molecule has 2 aliphatic rings. The Morgan fingerprint density at radius 2 is 1.84 bits per heavy atom. The Kier molecular flexibility index (Phi) is 5.57. The Bertz CT molecular complexity index is 1120. The minimum Gasteiger partial charge on any atom is -0.365 e. The minimum atomic E-state index is -0.454. The lowest BCUT2D eigenvalue weighted by atomic mass is 10.1. The van der Waals surface area contributed by atoms with Crippen molar-refractivity contribution in [3.63, 3.8) is 0 Å². The second-order valence-electron chi connectivity index (χ2n) is 8.20. The summed E-state index contributed by atoms with van der Waals surface area (Å²) in [6, 6.07) is 7.48. The molecule has 2 aliphatic heterocycles. The summed E-state index contributed by atoms with van der Waals surface area (Å²) in [6.07, 6.45) is 3.53. The van der Waals surface area contributed by atoms with Crippen molar-refractivity contribution in [1.29, 1.82) is 0 Å². The number of nitrogens with zero attached hydrogens (tertiary/aromatic N) is 6. The van der Waals surface area contributed by atoms with Crippen LogP contribution in [0.1, 0.15) is 5.56 Å². The first-order valence-electron chi connectivity index (χ1n) is 10.8. The van der Waals surface area contributed by atoms with E-state index >= 15 is 0 Å². The normalized spacial score (nSPS) is 16.6. The number of aromatic nitrogens is 3. The maximum Gasteiger partial charge on any atom is 0.172 e. The molecule has 32 heavy (non-hydrogen) atoms. The van der Waals surface area contributed by atoms with Gasteiger partial charge in [-0.3, -0.25) is 0 Å². The third-order valence-electron chi connectivity index (χ3n) is 5.97. The van der Waals surface area contributed by atoms with Gasteiger partial charge in [-0.1, -0.05) is 0 Å². The molecule has 0 bridgehead atoms. The van der Waals surface area contributed by atoms with Crippen molar-refractivity contribution >= 4 is 17.5 Å². The number of benzene rings is 1. The molecular formula is C23H25F2N7. The Morgan fingerprint density at radius 3 is 2.69 bits per heavy atom. The molecule has 166 valence electrons. The van der Waals surface area contributed by atoms with Crippen molar-refractivity contribution in [3.05, 3.63) is 59.9 Å². The number of hydrogen-bond donors (Lipinski definition) is 1. The standard InChI is InChI=1S/C23H25F2N7/c1-30-8-10-31(11-9-30)21-13-16(4-5-26-21)20-14-28-22-23(29-20)32(7-6-27-22)15-17-12-18(24)2-3-19(17)25/h2-5,12-14H,6-11,15H2,1H3,(H,27,28). The molecule has 0 spiro atoms. The quantitative estimate of drug-likeness (QED) is 0.673. The van der Waals surface area contributed by atoms with Crippen LogP contribution >= 0.6 is 0 Å². The predicted octanol–water partition coefficient (Wildman–Crippen LogP) is 3.00. The number of fused-ring (bicyclic) bond motifs is 1. The number of piperazine rings is 1. The molecular weight excluding hydrogens is 412 g/mol. The number of halogens is 2. The van der Waals surface area contributed by atoms with Crippen LogP contribution in [-0.4, -0.2) is 66.2 Å². The van der Waals surface area contributed by atoms with Gasteiger partial charge in [0.1, 0.15) is 17.5 Å². The number of likely N-dealkylation sites (N-methyl/N-ethyl adjacent to an activating group) is 1. The van der Waals surface area contributed by atoms with E-state index in [1.165, 1.54) is 6.07 Å². The molecule has 1 N–H and O–H groups in total. The fourth-order valence-electron chi connectivity index (χ4n) is 4.09. The summed E-state index contributed by atoms with van der Waals surface area (Å²) in [5.74, 6) is 1.32. The van der Waals surface area contributed by atoms with Crippen molar-refractivity contribution in [1.82, 2.24) is 19.9 Å². The van der Waals surface area contributed by atoms with Gasteiger partial charge in [0.05, 0.1) is 11.9 Å². The van der Waals surface area contributed by atoms with Gasteiger partial charge in [0, 0.05) is 63.1 Å². The van der Waals surface area contributed by atoms with Gasteiger partial charge in [0.2, 0.25) is 0 Å². The topological polar surface area (TPSA) is 60.4 Å². The molecule has 0 saturated carbocycles. The van der Waals surface area contributed by atoms with Crippen molar-refractivity contribution in [3.8, 4) is 11.3 Å². The highest BCUT2D eigenvalue weighted by Crippen LogP contribution is 2.30. The van der Waals surface area contributed by atoms with Crippen LogP contribution in [0.4, 0.5) is 26.2 Å². The minimum absolute atomic E-state index is 0.222. The van der Waals surface area contributed by atoms with Crippen LogP contribution < -0.4 is 15.1 Å². The van der Waals surface area contributed by atoms with Gasteiger partial charge < -0.3 is 20.0 Å². The SMILES string of the molecule is CN1CCN(c2cc(-c3cnc4c(n3)N(Cc3cc(F)ccc3F)CCN4)ccn2)CC1. The molecule has 0 amide bonds. The van der Waals surface area contributed by atoms with E-state index in [2.05, 4.69) is 32.1 Å². The number of rotatable bonds is 4. The highest BCUT2D eigenvalue weighted by atomic mass is 19.1. The van der Waals surface area contributed by atoms with Crippen LogP contribution in [0.15, 0.2) is 42.7 Å². The zero-order valence-electron chi connectivity index (χ0n) is 17.9. The Balaban J connectivity index is 1.43. The average molecular weight is 437 g/mol. The Hall–Kier alpha value is -3.33. The molecule has 1 fully saturated rings. The molecule has 7 nitrogen and oxygen atoms in total. The zero-order chi connectivity index (χ0) is 22.1. The molecule has 2 aromatic heterocycles. The molecule has 0 unspecified atom stereocenters. The van der Waals surface area contributed by atoms with Gasteiger partial charge in [0.15, 0.2) is 11.6 Å². The first kappa shape index (κ1) is 20.6. The van der Waals surface area contributed by atoms with Gasteiger partial charge in [0.25, 0.3) is 0 Å². The van der Waals surface area contributed by atoms with Gasteiger partial charge in [-0.05, 0) is 37.4 Å². The summed E-state index contributed by atoms with van der Waals surface area (Å²) in [5.41, 5.74) is 1.94. The van der Waals surface area contributed by atoms with Crippen LogP contribution in [0.2, 0.25) is 0 Å². The van der Waals surface area contributed by atoms with Gasteiger partial charge >= 0.3 is 0 Å². The van der Waals surface area contributed by atoms with Gasteiger partial charge in [-0.2, -0.15) is 0 Å². The van der Waals surface area contributed by atoms with Crippen molar-refractivity contribution in [2.75, 3.05) is 61.4 Å². The predicted molar refractivity (Wildman–Crippen MR) is 121 cm³/mol. The lowest BCUT2D eigenvalue weighted by Crippen LogP contribution is -2.44. The molecule has 5 rings (SSSR count). The summed E-state index contributed by atoms with van der Waals surface area (Å²) in [5, 5.41) is 3.24. The maximum atomic E-state index is 14.2. The third-order valence-corrected chi connectivity index (χ3v) is 5.97. The molecule has 1 saturated heterocycles. The van der Waals surface area contributed by atoms with E-state index in [0.29, 0.717) is 30.3 Å². The summed E-state index contributed by atoms with van der Waals surface area (Å²) in [7, 11) is 2.12. The van der Waals surface area contributed by atoms with E-state index in [1.54, 1.807) is 12.4 Å². The summed E-state index contributed by atoms with van der Waals surface area (Å²) in [6.45, 7) is 5.35. The second-order valence-corrected chi connectivity index (χ2v) is 8.20. The number of anilines is 3. The number of hydrogen-bond acceptors (Lipinski definition) is 7. The highest BCUT2D eigenvalue weighted by molar-refractivity contribution is 5.70. The fourth-order valence-corrected chi connectivity index (χ4v) is 4.09. The first-order chi connectivity index (χ1) is 15.6. The summed E-state index contributed by atoms with van der Waals surface area (Å²) < 4.78 is 27.9. The van der Waals surface area contributed by atoms with Gasteiger partial charge in [-0.15, -0.1) is 0 Å². The first-order valence-corrected chi connectivity index (χ1v) is 10.8. The lowest BCUT2D eigenvalue weighted by Gasteiger charge is -2.33. The monoisotopic (exact) mass is 437 g/mol. The molecule has 9 heteroatoms. The third kappa shape index (κ3) is 4.20. The van der Waals surface area contributed by atoms with E-state index in [0.717, 1.165) is 55.4 Å². The largest absolute Gasteiger partial charge is 0.365 e. The molecule has 3 aromatic rings. The van der Waals surface area contributed by atoms with Gasteiger partial charge in [-0.25, -0.2) is 23.7 Å². The second kappa shape index (κ2) is 8.66. The summed E-state index contributed by atoms with van der Waals surface area (Å²) >= 11 is 0. The maximum absolute atomic E-state index is 14.2. The average Bonchev–Trinajstić information content (AvgIpc) is 2.82. The van der Waals surface area contributed by atoms with E-state index in [1.807, 2.05) is 17.0 Å². The van der Waals surface area contributed by atoms with E-state index in [-0.39, 0.29) is 6.54 Å². The molecule has 4 heterocycles. The highest BCUT2D eigenvalue weighted by Gasteiger charge is 2.22. The van der Waals surface area contributed by atoms with E-state index < -0.39 is 11.6 Å². The fraction of sp³-hybridized carbons (Fsp3) is 0.348. The molecule has 0 atom stereocenters. The molecule has 0 radical (unpaired) electrons. The van der Waals surface area contributed by atoms with Crippen molar-refractivity contribution in [2.24, 2.45) is 0 Å². The number of nitrogens with one attached hydrogen (secondary N) is 1. The lowest BCUT2D eigenvalue weighted by molar-refractivity contribution is 0.312. The van der Waals surface area contributed by atoms with Crippen LogP contribution in [-0.2, 0) is 6.54 Å². The van der Waals surface area contributed by atoms with Crippen molar-refractivity contribution in [2.45, 2.75) is 6.54 Å². The van der Waals surface area contributed by atoms with E-state index in [4.69, 9.17) is 4.98 Å². The van der Waals surface area contributed by atoms with Crippen LogP contribution in [0.25, 0.3) is 11.3 Å². The molecule has 1 aromatic carbocycles. The summed E-state index contributed by atoms with van der Waals surface area (Å²) in [4.78, 5) is 20.5. The van der Waals surface area contributed by atoms with Crippen molar-refractivity contribution < 1.29 is 8.78 Å². The zero-order valence-corrected chi connectivity index (χ0v) is 17.9. The molecule has 0 aliphatic carbocycles. The Morgan fingerprint density at radius 1 is 1.00 bits per heavy atom. The Labute approximate surface area is 185 Å². The smallest absolute Gasteiger partial charge is 0.172 e. The van der Waals surface area contributed by atoms with Crippen LogP contribution in [0, 0.1) is 11.6 Å². The van der Waals surface area contributed by atoms with E-state index in [9.17, 15) is 8.78 Å². The van der Waals surface area contributed by atoms with Crippen LogP contribution in [0.5, 0.6) is 0 Å². The number of pyridine rings is 1. The van der Waals surface area contributed by atoms with Crippen LogP contribution in [0.3, 0.4) is 0 Å².